The maximum Gasteiger partial charge on any atom is 0.126 e. The van der Waals surface area contributed by atoms with Gasteiger partial charge in [0.05, 0.1) is 29.5 Å². The van der Waals surface area contributed by atoms with Gasteiger partial charge in [0.25, 0.3) is 0 Å². The molecule has 1 aliphatic rings. The Morgan fingerprint density at radius 3 is 3.14 bits per heavy atom. The Balaban J connectivity index is 1.57. The molecule has 21 heavy (non-hydrogen) atoms. The second kappa shape index (κ2) is 6.81. The van der Waals surface area contributed by atoms with Crippen LogP contribution in [0.5, 0.6) is 0 Å². The van der Waals surface area contributed by atoms with E-state index in [1.807, 2.05) is 18.6 Å². The van der Waals surface area contributed by atoms with Gasteiger partial charge in [0, 0.05) is 41.6 Å². The molecule has 0 spiro atoms. The van der Waals surface area contributed by atoms with E-state index in [0.717, 1.165) is 35.7 Å². The highest BCUT2D eigenvalue weighted by Gasteiger charge is 2.18. The highest BCUT2D eigenvalue weighted by molar-refractivity contribution is 7.84. The Morgan fingerprint density at radius 2 is 2.43 bits per heavy atom. The number of aromatic nitrogens is 3. The van der Waals surface area contributed by atoms with Gasteiger partial charge in [-0.3, -0.25) is 8.89 Å². The molecule has 3 heterocycles. The van der Waals surface area contributed by atoms with Gasteiger partial charge in [0.2, 0.25) is 0 Å². The second-order valence-electron chi connectivity index (χ2n) is 5.29. The molecule has 114 valence electrons. The average Bonchev–Trinajstić information content (AvgIpc) is 3.09. The minimum absolute atomic E-state index is 0.163. The van der Waals surface area contributed by atoms with Gasteiger partial charge in [-0.25, -0.2) is 4.98 Å². The normalized spacial score (nSPS) is 20.5. The summed E-state index contributed by atoms with van der Waals surface area (Å²) >= 11 is 1.57. The summed E-state index contributed by atoms with van der Waals surface area (Å²) in [6.45, 7) is 0.809. The van der Waals surface area contributed by atoms with E-state index in [2.05, 4.69) is 10.1 Å². The quantitative estimate of drug-likeness (QED) is 0.847. The van der Waals surface area contributed by atoms with E-state index in [1.165, 1.54) is 6.42 Å². The maximum atomic E-state index is 12.2. The highest BCUT2D eigenvalue weighted by atomic mass is 32.2. The predicted molar refractivity (Wildman–Crippen MR) is 84.6 cm³/mol. The summed E-state index contributed by atoms with van der Waals surface area (Å²) in [7, 11) is 0.978. The summed E-state index contributed by atoms with van der Waals surface area (Å²) in [6.07, 6.45) is 7.25. The lowest BCUT2D eigenvalue weighted by Crippen LogP contribution is -2.25. The summed E-state index contributed by atoms with van der Waals surface area (Å²) in [5.41, 5.74) is 1.91. The van der Waals surface area contributed by atoms with Crippen LogP contribution in [0.15, 0.2) is 17.8 Å². The van der Waals surface area contributed by atoms with Gasteiger partial charge in [0.1, 0.15) is 5.01 Å². The van der Waals surface area contributed by atoms with Crippen LogP contribution < -0.4 is 0 Å². The minimum atomic E-state index is -0.908. The van der Waals surface area contributed by atoms with E-state index in [-0.39, 0.29) is 6.10 Å². The van der Waals surface area contributed by atoms with Crippen LogP contribution in [0.3, 0.4) is 0 Å². The fraction of sp³-hybridized carbons (Fsp3) is 0.571. The van der Waals surface area contributed by atoms with Crippen LogP contribution in [0, 0.1) is 0 Å². The first-order valence-corrected chi connectivity index (χ1v) is 9.47. The molecule has 2 aromatic rings. The molecule has 2 atom stereocenters. The van der Waals surface area contributed by atoms with Gasteiger partial charge in [-0.15, -0.1) is 11.3 Å². The zero-order chi connectivity index (χ0) is 14.7. The molecule has 5 nitrogen and oxygen atoms in total. The first-order chi connectivity index (χ1) is 10.2. The zero-order valence-electron chi connectivity index (χ0n) is 12.0. The number of thiazole rings is 1. The molecule has 0 unspecified atom stereocenters. The first kappa shape index (κ1) is 14.9. The third kappa shape index (κ3) is 3.99. The molecule has 7 heteroatoms. The van der Waals surface area contributed by atoms with E-state index in [0.29, 0.717) is 11.5 Å². The molecule has 1 fully saturated rings. The number of hydrogen-bond donors (Lipinski definition) is 0. The van der Waals surface area contributed by atoms with Crippen LogP contribution in [0.25, 0.3) is 10.6 Å². The molecule has 2 aromatic heterocycles. The zero-order valence-corrected chi connectivity index (χ0v) is 13.7. The average molecular weight is 325 g/mol. The Bertz CT molecular complexity index is 617. The number of ether oxygens (including phenoxy) is 1. The Morgan fingerprint density at radius 1 is 1.52 bits per heavy atom. The van der Waals surface area contributed by atoms with Crippen LogP contribution in [-0.2, 0) is 28.3 Å². The van der Waals surface area contributed by atoms with E-state index in [9.17, 15) is 4.21 Å². The van der Waals surface area contributed by atoms with Gasteiger partial charge in [-0.05, 0) is 19.3 Å². The van der Waals surface area contributed by atoms with Gasteiger partial charge in [-0.1, -0.05) is 0 Å². The summed E-state index contributed by atoms with van der Waals surface area (Å²) in [5, 5.41) is 7.07. The summed E-state index contributed by atoms with van der Waals surface area (Å²) in [6, 6.07) is 0. The highest BCUT2D eigenvalue weighted by Crippen LogP contribution is 2.24. The minimum Gasteiger partial charge on any atom is -0.377 e. The SMILES string of the molecule is Cn1cc(-c2nc(C[S@](=O)C[C@H]3CCCCO3)cs2)cn1. The molecule has 0 aromatic carbocycles. The van der Waals surface area contributed by atoms with Crippen LogP contribution in [0.4, 0.5) is 0 Å². The Hall–Kier alpha value is -1.05. The second-order valence-corrected chi connectivity index (χ2v) is 7.65. The van der Waals surface area contributed by atoms with Crippen LogP contribution in [0.1, 0.15) is 25.0 Å². The molecular formula is C14H19N3O2S2. The van der Waals surface area contributed by atoms with E-state index >= 15 is 0 Å². The van der Waals surface area contributed by atoms with Crippen molar-refractivity contribution in [3.05, 3.63) is 23.5 Å². The van der Waals surface area contributed by atoms with Crippen molar-refractivity contribution >= 4 is 22.1 Å². The maximum absolute atomic E-state index is 12.2. The molecule has 0 bridgehead atoms. The molecule has 0 amide bonds. The lowest BCUT2D eigenvalue weighted by atomic mass is 10.1. The smallest absolute Gasteiger partial charge is 0.126 e. The van der Waals surface area contributed by atoms with E-state index in [1.54, 1.807) is 22.2 Å². The predicted octanol–water partition coefficient (Wildman–Crippen LogP) is 2.36. The fourth-order valence-electron chi connectivity index (χ4n) is 2.41. The molecule has 0 aliphatic carbocycles. The van der Waals surface area contributed by atoms with Crippen molar-refractivity contribution in [2.45, 2.75) is 31.1 Å². The van der Waals surface area contributed by atoms with Crippen molar-refractivity contribution in [2.75, 3.05) is 12.4 Å². The first-order valence-electron chi connectivity index (χ1n) is 7.11. The molecule has 0 N–H and O–H groups in total. The van der Waals surface area contributed by atoms with Crippen molar-refractivity contribution in [1.29, 1.82) is 0 Å². The summed E-state index contributed by atoms with van der Waals surface area (Å²) < 4.78 is 19.6. The van der Waals surface area contributed by atoms with Gasteiger partial charge >= 0.3 is 0 Å². The molecule has 0 radical (unpaired) electrons. The molecule has 1 saturated heterocycles. The topological polar surface area (TPSA) is 57.0 Å². The Labute approximate surface area is 130 Å². The molecule has 1 aliphatic heterocycles. The fourth-order valence-corrected chi connectivity index (χ4v) is 4.58. The Kier molecular flexibility index (Phi) is 4.82. The largest absolute Gasteiger partial charge is 0.377 e. The number of aryl methyl sites for hydroxylation is 1. The van der Waals surface area contributed by atoms with Crippen LogP contribution in [0.2, 0.25) is 0 Å². The lowest BCUT2D eigenvalue weighted by molar-refractivity contribution is 0.0310. The molecule has 3 rings (SSSR count). The number of nitrogens with zero attached hydrogens (tertiary/aromatic N) is 3. The van der Waals surface area contributed by atoms with Gasteiger partial charge in [0.15, 0.2) is 0 Å². The van der Waals surface area contributed by atoms with Crippen molar-refractivity contribution in [3.8, 4) is 10.6 Å². The molecular weight excluding hydrogens is 306 g/mol. The third-order valence-electron chi connectivity index (χ3n) is 3.46. The van der Waals surface area contributed by atoms with Crippen molar-refractivity contribution in [2.24, 2.45) is 7.05 Å². The van der Waals surface area contributed by atoms with Gasteiger partial charge in [-0.2, -0.15) is 5.10 Å². The van der Waals surface area contributed by atoms with Crippen LogP contribution >= 0.6 is 11.3 Å². The summed E-state index contributed by atoms with van der Waals surface area (Å²) in [5.74, 6) is 1.14. The van der Waals surface area contributed by atoms with Crippen molar-refractivity contribution in [3.63, 3.8) is 0 Å². The van der Waals surface area contributed by atoms with E-state index in [4.69, 9.17) is 4.74 Å². The van der Waals surface area contributed by atoms with E-state index < -0.39 is 10.8 Å². The summed E-state index contributed by atoms with van der Waals surface area (Å²) in [4.78, 5) is 4.56. The van der Waals surface area contributed by atoms with Gasteiger partial charge < -0.3 is 4.74 Å². The number of hydrogen-bond acceptors (Lipinski definition) is 5. The van der Waals surface area contributed by atoms with Crippen LogP contribution in [-0.4, -0.2) is 37.4 Å². The van der Waals surface area contributed by atoms with Crippen molar-refractivity contribution < 1.29 is 8.95 Å². The standard InChI is InChI=1S/C14H19N3O2S2/c1-17-7-11(6-15-17)14-16-12(8-20-14)9-21(18)10-13-4-2-3-5-19-13/h6-8,13H,2-5,9-10H2,1H3/t13-,21+/m1/s1. The third-order valence-corrected chi connectivity index (χ3v) is 5.76. The lowest BCUT2D eigenvalue weighted by Gasteiger charge is -2.21. The number of rotatable bonds is 5. The monoisotopic (exact) mass is 325 g/mol. The molecule has 0 saturated carbocycles. The van der Waals surface area contributed by atoms with Crippen molar-refractivity contribution in [1.82, 2.24) is 14.8 Å².